The Hall–Kier alpha value is -1.64. The van der Waals surface area contributed by atoms with Gasteiger partial charge in [0.15, 0.2) is 5.78 Å². The molecule has 1 aliphatic rings. The topological polar surface area (TPSA) is 72.9 Å². The van der Waals surface area contributed by atoms with Gasteiger partial charge in [0.1, 0.15) is 11.5 Å². The first-order valence-electron chi connectivity index (χ1n) is 6.95. The van der Waals surface area contributed by atoms with Crippen molar-refractivity contribution in [1.29, 1.82) is 0 Å². The average Bonchev–Trinajstić information content (AvgIpc) is 2.28. The summed E-state index contributed by atoms with van der Waals surface area (Å²) in [5, 5.41) is 0.865. The molecule has 1 atom stereocenters. The van der Waals surface area contributed by atoms with Gasteiger partial charge in [-0.3, -0.25) is 9.59 Å². The smallest absolute Gasteiger partial charge is 0.427 e. The Morgan fingerprint density at radius 1 is 1.22 bits per heavy atom. The van der Waals surface area contributed by atoms with E-state index >= 15 is 0 Å². The molecule has 1 unspecified atom stereocenters. The summed E-state index contributed by atoms with van der Waals surface area (Å²) in [6, 6.07) is 0. The van der Waals surface area contributed by atoms with Crippen LogP contribution in [0.1, 0.15) is 34.6 Å². The second-order valence-electron chi connectivity index (χ2n) is 7.04. The zero-order valence-corrected chi connectivity index (χ0v) is 13.6. The minimum atomic E-state index is -5.13. The molecule has 0 saturated carbocycles. The minimum Gasteiger partial charge on any atom is -0.427 e. The summed E-state index contributed by atoms with van der Waals surface area (Å²) in [5.41, 5.74) is -2.12. The van der Waals surface area contributed by atoms with Crippen molar-refractivity contribution in [3.63, 3.8) is 0 Å². The van der Waals surface area contributed by atoms with Crippen molar-refractivity contribution in [2.75, 3.05) is 13.1 Å². The van der Waals surface area contributed by atoms with E-state index in [4.69, 9.17) is 9.57 Å². The number of nitrogens with zero attached hydrogens (tertiary/aromatic N) is 1. The first-order valence-corrected chi connectivity index (χ1v) is 6.95. The third-order valence-electron chi connectivity index (χ3n) is 3.13. The predicted octanol–water partition coefficient (Wildman–Crippen LogP) is 2.51. The van der Waals surface area contributed by atoms with E-state index in [2.05, 4.69) is 0 Å². The minimum absolute atomic E-state index is 0.132. The maximum atomic E-state index is 12.6. The number of ketones is 2. The van der Waals surface area contributed by atoms with Gasteiger partial charge in [0.05, 0.1) is 6.54 Å². The highest BCUT2D eigenvalue weighted by Crippen LogP contribution is 2.33. The molecule has 1 aliphatic heterocycles. The van der Waals surface area contributed by atoms with Gasteiger partial charge < -0.3 is 9.57 Å². The summed E-state index contributed by atoms with van der Waals surface area (Å²) in [6.45, 7) is 6.76. The van der Waals surface area contributed by atoms with E-state index in [9.17, 15) is 27.6 Å². The van der Waals surface area contributed by atoms with Crippen LogP contribution in [0.5, 0.6) is 0 Å². The number of piperidine rings is 1. The fourth-order valence-corrected chi connectivity index (χ4v) is 2.18. The molecule has 0 aromatic carbocycles. The van der Waals surface area contributed by atoms with Crippen molar-refractivity contribution in [2.24, 2.45) is 11.3 Å². The molecule has 0 bridgehead atoms. The molecule has 0 N–H and O–H groups in total. The van der Waals surface area contributed by atoms with Crippen molar-refractivity contribution in [3.05, 3.63) is 0 Å². The Morgan fingerprint density at radius 3 is 2.17 bits per heavy atom. The number of alkyl halides is 3. The third kappa shape index (κ3) is 5.19. The Bertz CT molecular complexity index is 500. The van der Waals surface area contributed by atoms with Crippen LogP contribution in [-0.2, 0) is 19.2 Å². The molecular weight excluding hydrogens is 319 g/mol. The highest BCUT2D eigenvalue weighted by molar-refractivity contribution is 6.07. The van der Waals surface area contributed by atoms with Crippen LogP contribution in [0.25, 0.3) is 0 Å². The van der Waals surface area contributed by atoms with Crippen LogP contribution in [0.15, 0.2) is 0 Å². The molecule has 0 radical (unpaired) electrons. The van der Waals surface area contributed by atoms with Crippen LogP contribution in [0, 0.1) is 11.3 Å². The van der Waals surface area contributed by atoms with Gasteiger partial charge >= 0.3 is 12.3 Å². The summed E-state index contributed by atoms with van der Waals surface area (Å²) >= 11 is 0. The molecule has 1 fully saturated rings. The molecule has 0 aliphatic carbocycles. The molecule has 0 aromatic heterocycles. The number of halogens is 3. The van der Waals surface area contributed by atoms with Crippen molar-refractivity contribution in [2.45, 2.75) is 46.4 Å². The molecule has 1 rings (SSSR count). The van der Waals surface area contributed by atoms with Gasteiger partial charge in [-0.2, -0.15) is 13.2 Å². The highest BCUT2D eigenvalue weighted by Gasteiger charge is 2.53. The van der Waals surface area contributed by atoms with Crippen LogP contribution in [0.3, 0.4) is 0 Å². The molecule has 0 amide bonds. The molecule has 1 saturated heterocycles. The van der Waals surface area contributed by atoms with Gasteiger partial charge in [0.2, 0.25) is 5.78 Å². The van der Waals surface area contributed by atoms with E-state index in [-0.39, 0.29) is 6.54 Å². The first kappa shape index (κ1) is 19.4. The van der Waals surface area contributed by atoms with E-state index in [1.807, 2.05) is 0 Å². The lowest BCUT2D eigenvalue weighted by Crippen LogP contribution is -2.56. The van der Waals surface area contributed by atoms with Crippen LogP contribution in [-0.4, -0.2) is 47.7 Å². The summed E-state index contributed by atoms with van der Waals surface area (Å²) in [6.07, 6.45) is -6.24. The maximum Gasteiger partial charge on any atom is 0.528 e. The standard InChI is InChI=1S/C14H20F3NO5/c1-12(2,3)22-11(21)23-18-6-8(10(20)14(15,16)17)9(19)13(4,5)7-18/h8H,6-7H2,1-5H3. The molecule has 23 heavy (non-hydrogen) atoms. The van der Waals surface area contributed by atoms with Crippen molar-refractivity contribution in [3.8, 4) is 0 Å². The SMILES string of the molecule is CC(C)(C)OC(=O)ON1CC(C(=O)C(F)(F)F)C(=O)C(C)(C)C1. The van der Waals surface area contributed by atoms with Crippen LogP contribution < -0.4 is 0 Å². The van der Waals surface area contributed by atoms with E-state index < -0.39 is 47.4 Å². The number of hydrogen-bond donors (Lipinski definition) is 0. The number of ether oxygens (including phenoxy) is 1. The Balaban J connectivity index is 2.90. The Morgan fingerprint density at radius 2 is 1.74 bits per heavy atom. The Labute approximate surface area is 131 Å². The summed E-state index contributed by atoms with van der Waals surface area (Å²) in [5.74, 6) is -4.90. The van der Waals surface area contributed by atoms with Gasteiger partial charge in [0, 0.05) is 12.0 Å². The van der Waals surface area contributed by atoms with Crippen molar-refractivity contribution < 1.29 is 37.1 Å². The van der Waals surface area contributed by atoms with E-state index in [0.29, 0.717) is 0 Å². The summed E-state index contributed by atoms with van der Waals surface area (Å²) < 4.78 is 42.8. The van der Waals surface area contributed by atoms with Crippen LogP contribution in [0.4, 0.5) is 18.0 Å². The average molecular weight is 339 g/mol. The summed E-state index contributed by atoms with van der Waals surface area (Å²) in [7, 11) is 0. The van der Waals surface area contributed by atoms with Gasteiger partial charge in [-0.15, -0.1) is 5.06 Å². The van der Waals surface area contributed by atoms with Crippen molar-refractivity contribution in [1.82, 2.24) is 5.06 Å². The first-order chi connectivity index (χ1) is 10.1. The van der Waals surface area contributed by atoms with E-state index in [0.717, 1.165) is 5.06 Å². The van der Waals surface area contributed by atoms with Crippen molar-refractivity contribution >= 4 is 17.7 Å². The molecule has 1 heterocycles. The maximum absolute atomic E-state index is 12.6. The van der Waals surface area contributed by atoms with Crippen LogP contribution in [0.2, 0.25) is 0 Å². The van der Waals surface area contributed by atoms with Gasteiger partial charge in [-0.05, 0) is 20.8 Å². The van der Waals surface area contributed by atoms with Gasteiger partial charge in [-0.25, -0.2) is 4.79 Å². The predicted molar refractivity (Wildman–Crippen MR) is 72.2 cm³/mol. The lowest BCUT2D eigenvalue weighted by molar-refractivity contribution is -0.199. The zero-order valence-electron chi connectivity index (χ0n) is 13.6. The number of hydrogen-bond acceptors (Lipinski definition) is 6. The molecule has 0 aromatic rings. The number of Topliss-reactive ketones (excluding diaryl/α,β-unsaturated/α-hetero) is 2. The molecule has 132 valence electrons. The lowest BCUT2D eigenvalue weighted by atomic mass is 9.76. The monoisotopic (exact) mass is 339 g/mol. The molecule has 9 heteroatoms. The van der Waals surface area contributed by atoms with E-state index in [1.54, 1.807) is 20.8 Å². The fourth-order valence-electron chi connectivity index (χ4n) is 2.18. The van der Waals surface area contributed by atoms with Crippen LogP contribution >= 0.6 is 0 Å². The molecule has 6 nitrogen and oxygen atoms in total. The molecule has 0 spiro atoms. The Kier molecular flexibility index (Phi) is 5.15. The fraction of sp³-hybridized carbons (Fsp3) is 0.786. The number of carbonyl (C=O) groups is 3. The molecular formula is C14H20F3NO5. The quantitative estimate of drug-likeness (QED) is 0.568. The highest BCUT2D eigenvalue weighted by atomic mass is 19.4. The number of carbonyl (C=O) groups excluding carboxylic acids is 3. The van der Waals surface area contributed by atoms with Gasteiger partial charge in [0.25, 0.3) is 0 Å². The third-order valence-corrected chi connectivity index (χ3v) is 3.13. The number of hydroxylamine groups is 2. The number of rotatable bonds is 2. The lowest BCUT2D eigenvalue weighted by Gasteiger charge is -2.39. The zero-order chi connectivity index (χ0) is 18.2. The summed E-state index contributed by atoms with van der Waals surface area (Å²) in [4.78, 5) is 40.0. The second kappa shape index (κ2) is 6.10. The van der Waals surface area contributed by atoms with E-state index in [1.165, 1.54) is 13.8 Å². The van der Waals surface area contributed by atoms with Gasteiger partial charge in [-0.1, -0.05) is 13.8 Å². The normalized spacial score (nSPS) is 22.6. The second-order valence-corrected chi connectivity index (χ2v) is 7.04. The largest absolute Gasteiger partial charge is 0.528 e.